The molecule has 0 unspecified atom stereocenters. The van der Waals surface area contributed by atoms with Gasteiger partial charge >= 0.3 is 6.03 Å². The number of amides is 3. The molecular formula is C20H17ClN4O3. The molecule has 1 aromatic heterocycles. The van der Waals surface area contributed by atoms with E-state index in [9.17, 15) is 9.59 Å². The zero-order chi connectivity index (χ0) is 20.1. The van der Waals surface area contributed by atoms with E-state index in [1.807, 2.05) is 24.3 Å². The largest absolute Gasteiger partial charge is 0.497 e. The summed E-state index contributed by atoms with van der Waals surface area (Å²) in [5.41, 5.74) is 2.38. The molecular weight excluding hydrogens is 380 g/mol. The Kier molecular flexibility index (Phi) is 5.86. The van der Waals surface area contributed by atoms with Gasteiger partial charge in [0.15, 0.2) is 5.82 Å². The third kappa shape index (κ3) is 4.44. The first-order valence-electron chi connectivity index (χ1n) is 8.33. The van der Waals surface area contributed by atoms with Crippen molar-refractivity contribution >= 4 is 29.4 Å². The van der Waals surface area contributed by atoms with Crippen LogP contribution < -0.4 is 15.4 Å². The maximum absolute atomic E-state index is 12.1. The second-order valence-electron chi connectivity index (χ2n) is 5.81. The Hall–Kier alpha value is -3.45. The third-order valence-electron chi connectivity index (χ3n) is 3.90. The minimum absolute atomic E-state index is 0.205. The van der Waals surface area contributed by atoms with Gasteiger partial charge in [0.05, 0.1) is 35.3 Å². The smallest absolute Gasteiger partial charge is 0.327 e. The first-order valence-corrected chi connectivity index (χ1v) is 8.70. The number of hydrogen-bond acceptors (Lipinski definition) is 5. The van der Waals surface area contributed by atoms with E-state index >= 15 is 0 Å². The molecule has 0 aliphatic heterocycles. The summed E-state index contributed by atoms with van der Waals surface area (Å²) in [6, 6.07) is 13.1. The second-order valence-corrected chi connectivity index (χ2v) is 6.21. The topological polar surface area (TPSA) is 93.2 Å². The Morgan fingerprint density at radius 3 is 2.43 bits per heavy atom. The summed E-state index contributed by atoms with van der Waals surface area (Å²) in [7, 11) is 1.60. The molecule has 28 heavy (non-hydrogen) atoms. The van der Waals surface area contributed by atoms with Crippen molar-refractivity contribution in [1.29, 1.82) is 0 Å². The number of halogens is 1. The summed E-state index contributed by atoms with van der Waals surface area (Å²) in [4.78, 5) is 32.9. The summed E-state index contributed by atoms with van der Waals surface area (Å²) in [5.74, 6) is 0.356. The number of imide groups is 1. The predicted octanol–water partition coefficient (Wildman–Crippen LogP) is 4.08. The number of methoxy groups -OCH3 is 1. The van der Waals surface area contributed by atoms with Gasteiger partial charge in [-0.15, -0.1) is 0 Å². The molecule has 7 nitrogen and oxygen atoms in total. The van der Waals surface area contributed by atoms with Crippen LogP contribution in [0.25, 0.3) is 11.3 Å². The van der Waals surface area contributed by atoms with Gasteiger partial charge in [-0.05, 0) is 43.3 Å². The van der Waals surface area contributed by atoms with Gasteiger partial charge in [0.25, 0.3) is 5.91 Å². The quantitative estimate of drug-likeness (QED) is 0.693. The van der Waals surface area contributed by atoms with Crippen LogP contribution in [0.15, 0.2) is 54.7 Å². The fraction of sp³-hybridized carbons (Fsp3) is 0.100. The second kappa shape index (κ2) is 8.49. The number of urea groups is 1. The number of ether oxygens (including phenoxy) is 1. The van der Waals surface area contributed by atoms with Crippen LogP contribution in [0.2, 0.25) is 5.02 Å². The molecule has 142 valence electrons. The van der Waals surface area contributed by atoms with E-state index in [4.69, 9.17) is 16.3 Å². The van der Waals surface area contributed by atoms with Crippen molar-refractivity contribution in [1.82, 2.24) is 15.3 Å². The lowest BCUT2D eigenvalue weighted by molar-refractivity contribution is 0.0967. The Labute approximate surface area is 166 Å². The van der Waals surface area contributed by atoms with Crippen molar-refractivity contribution in [2.75, 3.05) is 12.4 Å². The summed E-state index contributed by atoms with van der Waals surface area (Å²) >= 11 is 5.96. The molecule has 0 atom stereocenters. The van der Waals surface area contributed by atoms with E-state index in [1.54, 1.807) is 32.2 Å². The molecule has 2 N–H and O–H groups in total. The van der Waals surface area contributed by atoms with Crippen LogP contribution in [0.4, 0.5) is 10.6 Å². The van der Waals surface area contributed by atoms with Crippen molar-refractivity contribution in [3.05, 3.63) is 71.0 Å². The zero-order valence-corrected chi connectivity index (χ0v) is 15.9. The molecule has 2 aromatic carbocycles. The van der Waals surface area contributed by atoms with Gasteiger partial charge in [-0.1, -0.05) is 23.7 Å². The highest BCUT2D eigenvalue weighted by molar-refractivity contribution is 6.34. The molecule has 3 amide bonds. The van der Waals surface area contributed by atoms with Gasteiger partial charge in [-0.2, -0.15) is 0 Å². The maximum Gasteiger partial charge on any atom is 0.327 e. The van der Waals surface area contributed by atoms with Gasteiger partial charge < -0.3 is 4.74 Å². The number of aryl methyl sites for hydroxylation is 1. The summed E-state index contributed by atoms with van der Waals surface area (Å²) < 4.78 is 5.14. The number of nitrogens with one attached hydrogen (secondary N) is 2. The molecule has 0 saturated heterocycles. The van der Waals surface area contributed by atoms with Crippen LogP contribution in [0.3, 0.4) is 0 Å². The Bertz CT molecular complexity index is 1020. The molecule has 0 spiro atoms. The number of benzene rings is 2. The predicted molar refractivity (Wildman–Crippen MR) is 107 cm³/mol. The number of hydrogen-bond donors (Lipinski definition) is 2. The van der Waals surface area contributed by atoms with Gasteiger partial charge in [-0.25, -0.2) is 9.78 Å². The maximum atomic E-state index is 12.1. The van der Waals surface area contributed by atoms with E-state index in [2.05, 4.69) is 20.6 Å². The highest BCUT2D eigenvalue weighted by Gasteiger charge is 2.14. The van der Waals surface area contributed by atoms with Crippen molar-refractivity contribution in [2.24, 2.45) is 0 Å². The van der Waals surface area contributed by atoms with E-state index in [1.165, 1.54) is 12.3 Å². The van der Waals surface area contributed by atoms with Crippen LogP contribution in [-0.2, 0) is 0 Å². The van der Waals surface area contributed by atoms with E-state index in [0.29, 0.717) is 11.4 Å². The molecule has 3 rings (SSSR count). The minimum Gasteiger partial charge on any atom is -0.497 e. The monoisotopic (exact) mass is 396 g/mol. The van der Waals surface area contributed by atoms with Crippen LogP contribution in [0.1, 0.15) is 16.1 Å². The number of carbonyl (C=O) groups excluding carboxylic acids is 2. The molecule has 0 bridgehead atoms. The Morgan fingerprint density at radius 1 is 1.07 bits per heavy atom. The van der Waals surface area contributed by atoms with Crippen molar-refractivity contribution in [3.8, 4) is 17.0 Å². The molecule has 0 radical (unpaired) electrons. The van der Waals surface area contributed by atoms with Crippen molar-refractivity contribution < 1.29 is 14.3 Å². The standard InChI is InChI=1S/C20H17ClN4O3/c1-12-18(13-7-9-14(28-2)10-8-13)22-11-17(23-12)24-20(27)25-19(26)15-5-3-4-6-16(15)21/h3-11H,1-2H3,(H2,23,24,25,26,27). The number of nitrogens with zero attached hydrogens (tertiary/aromatic N) is 2. The molecule has 0 aliphatic rings. The molecule has 8 heteroatoms. The van der Waals surface area contributed by atoms with Gasteiger partial charge in [0.2, 0.25) is 0 Å². The number of carbonyl (C=O) groups is 2. The van der Waals surface area contributed by atoms with Crippen LogP contribution in [-0.4, -0.2) is 29.0 Å². The van der Waals surface area contributed by atoms with Gasteiger partial charge in [-0.3, -0.25) is 20.4 Å². The lowest BCUT2D eigenvalue weighted by atomic mass is 10.1. The lowest BCUT2D eigenvalue weighted by Crippen LogP contribution is -2.34. The number of aromatic nitrogens is 2. The van der Waals surface area contributed by atoms with Crippen LogP contribution in [0.5, 0.6) is 5.75 Å². The summed E-state index contributed by atoms with van der Waals surface area (Å²) in [6.45, 7) is 1.78. The molecule has 0 aliphatic carbocycles. The fourth-order valence-electron chi connectivity index (χ4n) is 2.54. The first kappa shape index (κ1) is 19.3. The summed E-state index contributed by atoms with van der Waals surface area (Å²) in [5, 5.41) is 4.96. The van der Waals surface area contributed by atoms with Crippen LogP contribution in [0, 0.1) is 6.92 Å². The molecule has 3 aromatic rings. The molecule has 1 heterocycles. The summed E-state index contributed by atoms with van der Waals surface area (Å²) in [6.07, 6.45) is 1.42. The highest BCUT2D eigenvalue weighted by atomic mass is 35.5. The first-order chi connectivity index (χ1) is 13.5. The van der Waals surface area contributed by atoms with E-state index in [0.717, 1.165) is 11.3 Å². The lowest BCUT2D eigenvalue weighted by Gasteiger charge is -2.10. The van der Waals surface area contributed by atoms with Crippen molar-refractivity contribution in [3.63, 3.8) is 0 Å². The molecule has 0 fully saturated rings. The normalized spacial score (nSPS) is 10.2. The Balaban J connectivity index is 1.69. The average molecular weight is 397 g/mol. The van der Waals surface area contributed by atoms with Crippen LogP contribution >= 0.6 is 11.6 Å². The van der Waals surface area contributed by atoms with Crippen molar-refractivity contribution in [2.45, 2.75) is 6.92 Å². The zero-order valence-electron chi connectivity index (χ0n) is 15.2. The SMILES string of the molecule is COc1ccc(-c2ncc(NC(=O)NC(=O)c3ccccc3Cl)nc2C)cc1. The minimum atomic E-state index is -0.726. The average Bonchev–Trinajstić information content (AvgIpc) is 2.68. The number of anilines is 1. The highest BCUT2D eigenvalue weighted by Crippen LogP contribution is 2.23. The van der Waals surface area contributed by atoms with Gasteiger partial charge in [0.1, 0.15) is 5.75 Å². The third-order valence-corrected chi connectivity index (χ3v) is 4.23. The number of rotatable bonds is 4. The van der Waals surface area contributed by atoms with E-state index in [-0.39, 0.29) is 16.4 Å². The van der Waals surface area contributed by atoms with E-state index < -0.39 is 11.9 Å². The fourth-order valence-corrected chi connectivity index (χ4v) is 2.76. The molecule has 0 saturated carbocycles. The van der Waals surface area contributed by atoms with Gasteiger partial charge in [0, 0.05) is 5.56 Å². The Morgan fingerprint density at radius 2 is 1.79 bits per heavy atom.